The van der Waals surface area contributed by atoms with E-state index in [1.54, 1.807) is 31.4 Å². The first-order chi connectivity index (χ1) is 15.6. The molecule has 3 aliphatic rings. The highest BCUT2D eigenvalue weighted by atomic mass is 19.1. The number of aryl methyl sites for hydroxylation is 1. The van der Waals surface area contributed by atoms with Gasteiger partial charge in [0.05, 0.1) is 29.0 Å². The molecule has 8 heteroatoms. The zero-order valence-corrected chi connectivity index (χ0v) is 18.7. The van der Waals surface area contributed by atoms with E-state index < -0.39 is 17.5 Å². The number of halogens is 1. The Labute approximate surface area is 189 Å². The van der Waals surface area contributed by atoms with E-state index in [1.165, 1.54) is 6.07 Å². The molecule has 1 unspecified atom stereocenters. The zero-order chi connectivity index (χ0) is 23.4. The molecular formula is C25H24FN3O4. The van der Waals surface area contributed by atoms with Crippen LogP contribution in [0, 0.1) is 18.7 Å². The average Bonchev–Trinajstić information content (AvgIpc) is 3.14. The van der Waals surface area contributed by atoms with Crippen LogP contribution in [0.1, 0.15) is 59.7 Å². The zero-order valence-electron chi connectivity index (χ0n) is 18.7. The van der Waals surface area contributed by atoms with Crippen LogP contribution < -0.4 is 11.3 Å². The largest absolute Gasteiger partial charge is 0.458 e. The number of aromatic nitrogens is 2. The third-order valence-corrected chi connectivity index (χ3v) is 7.69. The maximum Gasteiger partial charge on any atom is 0.343 e. The molecule has 2 aliphatic heterocycles. The standard InChI is InChI=1S/C25H24FN3O4/c1-10(2)25(32)15-6-19-22-13(8-29(19)23(30)14(15)9-33-24(25)31)20-17(27)5-4-12-11(3)16(26)7-18(28-22)21(12)20/h6-7,10,17,32H,4-5,8-9,27H2,1-3H3/t17?,25-/m0/s1. The Bertz CT molecular complexity index is 1480. The predicted octanol–water partition coefficient (Wildman–Crippen LogP) is 2.72. The summed E-state index contributed by atoms with van der Waals surface area (Å²) in [5.74, 6) is -1.59. The average molecular weight is 449 g/mol. The Morgan fingerprint density at radius 3 is 2.76 bits per heavy atom. The van der Waals surface area contributed by atoms with Gasteiger partial charge in [-0.25, -0.2) is 14.2 Å². The highest BCUT2D eigenvalue weighted by Gasteiger charge is 2.49. The molecule has 6 rings (SSSR count). The second-order valence-corrected chi connectivity index (χ2v) is 9.66. The van der Waals surface area contributed by atoms with Gasteiger partial charge in [0.2, 0.25) is 0 Å². The fourth-order valence-electron chi connectivity index (χ4n) is 5.76. The van der Waals surface area contributed by atoms with Gasteiger partial charge in [-0.1, -0.05) is 13.8 Å². The lowest BCUT2D eigenvalue weighted by Crippen LogP contribution is -2.48. The number of esters is 1. The van der Waals surface area contributed by atoms with E-state index in [2.05, 4.69) is 0 Å². The van der Waals surface area contributed by atoms with E-state index in [9.17, 15) is 19.1 Å². The Balaban J connectivity index is 1.70. The molecule has 0 saturated carbocycles. The molecule has 4 heterocycles. The van der Waals surface area contributed by atoms with E-state index in [1.807, 2.05) is 0 Å². The highest BCUT2D eigenvalue weighted by molar-refractivity contribution is 5.93. The molecule has 0 bridgehead atoms. The lowest BCUT2D eigenvalue weighted by atomic mass is 9.79. The molecule has 0 fully saturated rings. The summed E-state index contributed by atoms with van der Waals surface area (Å²) in [5.41, 5.74) is 9.68. The third kappa shape index (κ3) is 2.42. The molecule has 3 N–H and O–H groups in total. The quantitative estimate of drug-likeness (QED) is 0.433. The van der Waals surface area contributed by atoms with Gasteiger partial charge < -0.3 is 20.1 Å². The molecule has 2 atom stereocenters. The van der Waals surface area contributed by atoms with Gasteiger partial charge in [0.25, 0.3) is 5.56 Å². The summed E-state index contributed by atoms with van der Waals surface area (Å²) in [6.07, 6.45) is 1.36. The minimum atomic E-state index is -1.93. The summed E-state index contributed by atoms with van der Waals surface area (Å²) >= 11 is 0. The van der Waals surface area contributed by atoms with Crippen molar-refractivity contribution in [3.05, 3.63) is 61.7 Å². The van der Waals surface area contributed by atoms with Crippen LogP contribution >= 0.6 is 0 Å². The van der Waals surface area contributed by atoms with E-state index in [-0.39, 0.29) is 41.7 Å². The van der Waals surface area contributed by atoms with Crippen LogP contribution in [0.5, 0.6) is 0 Å². The molecule has 1 aliphatic carbocycles. The monoisotopic (exact) mass is 449 g/mol. The lowest BCUT2D eigenvalue weighted by molar-refractivity contribution is -0.177. The first-order valence-corrected chi connectivity index (χ1v) is 11.2. The number of pyridine rings is 2. The van der Waals surface area contributed by atoms with E-state index in [0.717, 1.165) is 22.1 Å². The Hall–Kier alpha value is -3.10. The Kier molecular flexibility index (Phi) is 4.03. The van der Waals surface area contributed by atoms with Crippen LogP contribution in [0.15, 0.2) is 16.9 Å². The second-order valence-electron chi connectivity index (χ2n) is 9.66. The molecule has 0 saturated heterocycles. The van der Waals surface area contributed by atoms with Crippen LogP contribution in [0.3, 0.4) is 0 Å². The normalized spacial score (nSPS) is 22.9. The lowest BCUT2D eigenvalue weighted by Gasteiger charge is -2.35. The number of hydrogen-bond acceptors (Lipinski definition) is 6. The van der Waals surface area contributed by atoms with E-state index >= 15 is 0 Å². The van der Waals surface area contributed by atoms with Crippen molar-refractivity contribution in [2.75, 3.05) is 0 Å². The minimum absolute atomic E-state index is 0.186. The summed E-state index contributed by atoms with van der Waals surface area (Å²) in [7, 11) is 0. The molecule has 0 spiro atoms. The van der Waals surface area contributed by atoms with Crippen LogP contribution in [-0.2, 0) is 34.7 Å². The molecule has 1 aromatic carbocycles. The number of hydrogen-bond donors (Lipinski definition) is 2. The smallest absolute Gasteiger partial charge is 0.343 e. The molecule has 0 radical (unpaired) electrons. The maximum atomic E-state index is 14.7. The summed E-state index contributed by atoms with van der Waals surface area (Å²) in [6.45, 7) is 5.28. The van der Waals surface area contributed by atoms with Crippen molar-refractivity contribution in [1.29, 1.82) is 0 Å². The summed E-state index contributed by atoms with van der Waals surface area (Å²) in [4.78, 5) is 30.8. The summed E-state index contributed by atoms with van der Waals surface area (Å²) in [6, 6.07) is 2.85. The summed E-state index contributed by atoms with van der Waals surface area (Å²) in [5, 5.41) is 12.2. The van der Waals surface area contributed by atoms with Crippen molar-refractivity contribution in [2.45, 2.75) is 58.4 Å². The number of carbonyl (C=O) groups is 1. The number of cyclic esters (lactones) is 1. The van der Waals surface area contributed by atoms with E-state index in [4.69, 9.17) is 15.5 Å². The number of rotatable bonds is 1. The third-order valence-electron chi connectivity index (χ3n) is 7.69. The van der Waals surface area contributed by atoms with Crippen LogP contribution in [0.25, 0.3) is 22.3 Å². The topological polar surface area (TPSA) is 107 Å². The maximum absolute atomic E-state index is 14.7. The predicted molar refractivity (Wildman–Crippen MR) is 119 cm³/mol. The van der Waals surface area contributed by atoms with Gasteiger partial charge in [0.1, 0.15) is 12.4 Å². The van der Waals surface area contributed by atoms with Gasteiger partial charge in [0.15, 0.2) is 5.60 Å². The van der Waals surface area contributed by atoms with Crippen molar-refractivity contribution in [3.63, 3.8) is 0 Å². The number of benzene rings is 1. The number of nitrogens with zero attached hydrogens (tertiary/aromatic N) is 2. The van der Waals surface area contributed by atoms with Crippen molar-refractivity contribution < 1.29 is 19.0 Å². The molecule has 7 nitrogen and oxygen atoms in total. The molecule has 33 heavy (non-hydrogen) atoms. The van der Waals surface area contributed by atoms with Crippen molar-refractivity contribution in [2.24, 2.45) is 11.7 Å². The van der Waals surface area contributed by atoms with Crippen molar-refractivity contribution in [3.8, 4) is 11.4 Å². The van der Waals surface area contributed by atoms with Crippen molar-refractivity contribution in [1.82, 2.24) is 9.55 Å². The van der Waals surface area contributed by atoms with Gasteiger partial charge in [-0.2, -0.15) is 0 Å². The van der Waals surface area contributed by atoms with Gasteiger partial charge in [-0.15, -0.1) is 0 Å². The minimum Gasteiger partial charge on any atom is -0.458 e. The Morgan fingerprint density at radius 1 is 1.27 bits per heavy atom. The van der Waals surface area contributed by atoms with Gasteiger partial charge in [-0.3, -0.25) is 4.79 Å². The van der Waals surface area contributed by atoms with Crippen LogP contribution in [-0.4, -0.2) is 20.6 Å². The van der Waals surface area contributed by atoms with Crippen molar-refractivity contribution >= 4 is 16.9 Å². The first-order valence-electron chi connectivity index (χ1n) is 11.2. The molecule has 170 valence electrons. The molecule has 3 aromatic rings. The number of aliphatic hydroxyl groups is 1. The molecular weight excluding hydrogens is 425 g/mol. The van der Waals surface area contributed by atoms with Gasteiger partial charge in [-0.05, 0) is 48.4 Å². The van der Waals surface area contributed by atoms with E-state index in [0.29, 0.717) is 35.3 Å². The number of ether oxygens (including phenoxy) is 1. The van der Waals surface area contributed by atoms with Gasteiger partial charge in [0, 0.05) is 28.6 Å². The number of fused-ring (bicyclic) bond motifs is 5. The van der Waals surface area contributed by atoms with Gasteiger partial charge >= 0.3 is 5.97 Å². The SMILES string of the molecule is Cc1c(F)cc2nc3c(c4c2c1CCC4N)Cn1c-3cc2c(c1=O)COC(=O)[C@]2(O)C(C)C. The summed E-state index contributed by atoms with van der Waals surface area (Å²) < 4.78 is 21.5. The second kappa shape index (κ2) is 6.48. The van der Waals surface area contributed by atoms with Crippen LogP contribution in [0.2, 0.25) is 0 Å². The highest BCUT2D eigenvalue weighted by Crippen LogP contribution is 2.45. The Morgan fingerprint density at radius 2 is 2.03 bits per heavy atom. The number of carbonyl (C=O) groups excluding carboxylic acids is 1. The first kappa shape index (κ1) is 20.5. The molecule has 2 aromatic heterocycles. The molecule has 0 amide bonds. The fraction of sp³-hybridized carbons (Fsp3) is 0.400. The number of nitrogens with two attached hydrogens (primary N) is 1. The fourth-order valence-corrected chi connectivity index (χ4v) is 5.76. The van der Waals surface area contributed by atoms with Crippen LogP contribution in [0.4, 0.5) is 4.39 Å².